The molecule has 0 saturated heterocycles. The van der Waals surface area contributed by atoms with Gasteiger partial charge in [-0.2, -0.15) is 13.2 Å². The molecule has 0 aliphatic heterocycles. The van der Waals surface area contributed by atoms with E-state index in [0.717, 1.165) is 0 Å². The van der Waals surface area contributed by atoms with Crippen LogP contribution in [0.3, 0.4) is 0 Å². The van der Waals surface area contributed by atoms with E-state index >= 15 is 0 Å². The second-order valence-corrected chi connectivity index (χ2v) is 4.57. The second-order valence-electron chi connectivity index (χ2n) is 4.14. The molecule has 1 N–H and O–H groups in total. The molecule has 0 aromatic heterocycles. The fourth-order valence-electron chi connectivity index (χ4n) is 1.55. The third kappa shape index (κ3) is 2.26. The highest BCUT2D eigenvalue weighted by Gasteiger charge is 2.62. The van der Waals surface area contributed by atoms with Crippen LogP contribution in [-0.4, -0.2) is 12.7 Å². The predicted octanol–water partition coefficient (Wildman–Crippen LogP) is 4.09. The third-order valence-electron chi connectivity index (χ3n) is 2.93. The average molecular weight is 250 g/mol. The minimum Gasteiger partial charge on any atom is -0.384 e. The summed E-state index contributed by atoms with van der Waals surface area (Å²) in [5.74, 6) is 0. The largest absolute Gasteiger partial charge is 0.396 e. The summed E-state index contributed by atoms with van der Waals surface area (Å²) in [7, 11) is 0. The van der Waals surface area contributed by atoms with Gasteiger partial charge >= 0.3 is 6.18 Å². The van der Waals surface area contributed by atoms with Gasteiger partial charge in [0.1, 0.15) is 0 Å². The van der Waals surface area contributed by atoms with Gasteiger partial charge < -0.3 is 5.32 Å². The Hall–Kier alpha value is -0.900. The molecule has 1 aliphatic carbocycles. The van der Waals surface area contributed by atoms with Crippen molar-refractivity contribution in [3.05, 3.63) is 29.3 Å². The van der Waals surface area contributed by atoms with Crippen molar-refractivity contribution in [2.24, 2.45) is 5.41 Å². The van der Waals surface area contributed by atoms with Gasteiger partial charge in [0.25, 0.3) is 0 Å². The standard InChI is InChI=1S/C11H11ClF3N/c12-8-1-3-9(4-2-8)16-7-10(5-6-10)11(13,14)15/h1-4,16H,5-7H2. The van der Waals surface area contributed by atoms with Crippen LogP contribution < -0.4 is 5.32 Å². The van der Waals surface area contributed by atoms with Gasteiger partial charge in [-0.15, -0.1) is 0 Å². The molecule has 0 amide bonds. The summed E-state index contributed by atoms with van der Waals surface area (Å²) in [5, 5.41) is 3.37. The van der Waals surface area contributed by atoms with E-state index in [1.54, 1.807) is 24.3 Å². The molecular formula is C11H11ClF3N. The maximum absolute atomic E-state index is 12.6. The van der Waals surface area contributed by atoms with Gasteiger partial charge in [-0.1, -0.05) is 11.6 Å². The van der Waals surface area contributed by atoms with Crippen molar-refractivity contribution in [2.45, 2.75) is 19.0 Å². The SMILES string of the molecule is FC(F)(F)C1(CNc2ccc(Cl)cc2)CC1. The first-order valence-electron chi connectivity index (χ1n) is 4.99. The summed E-state index contributed by atoms with van der Waals surface area (Å²) >= 11 is 5.68. The van der Waals surface area contributed by atoms with Crippen molar-refractivity contribution < 1.29 is 13.2 Å². The van der Waals surface area contributed by atoms with Crippen LogP contribution in [0.25, 0.3) is 0 Å². The lowest BCUT2D eigenvalue weighted by atomic mass is 10.1. The lowest BCUT2D eigenvalue weighted by Crippen LogP contribution is -2.31. The molecule has 1 saturated carbocycles. The number of alkyl halides is 3. The van der Waals surface area contributed by atoms with Gasteiger partial charge in [0.15, 0.2) is 0 Å². The number of nitrogens with one attached hydrogen (secondary N) is 1. The smallest absolute Gasteiger partial charge is 0.384 e. The van der Waals surface area contributed by atoms with E-state index in [4.69, 9.17) is 11.6 Å². The van der Waals surface area contributed by atoms with E-state index in [2.05, 4.69) is 5.32 Å². The van der Waals surface area contributed by atoms with Crippen LogP contribution in [0, 0.1) is 5.41 Å². The minimum absolute atomic E-state index is 0.0574. The third-order valence-corrected chi connectivity index (χ3v) is 3.18. The molecule has 1 fully saturated rings. The fraction of sp³-hybridized carbons (Fsp3) is 0.455. The van der Waals surface area contributed by atoms with E-state index in [1.165, 1.54) is 0 Å². The normalized spacial score (nSPS) is 18.2. The lowest BCUT2D eigenvalue weighted by molar-refractivity contribution is -0.182. The van der Waals surface area contributed by atoms with E-state index in [1.807, 2.05) is 0 Å². The van der Waals surface area contributed by atoms with Crippen molar-refractivity contribution in [2.75, 3.05) is 11.9 Å². The Bertz CT molecular complexity index is 368. The number of halogens is 4. The molecule has 1 aromatic carbocycles. The van der Waals surface area contributed by atoms with Gasteiger partial charge in [-0.05, 0) is 37.1 Å². The zero-order valence-electron chi connectivity index (χ0n) is 8.44. The Morgan fingerprint density at radius 1 is 1.19 bits per heavy atom. The fourth-order valence-corrected chi connectivity index (χ4v) is 1.68. The van der Waals surface area contributed by atoms with Crippen molar-refractivity contribution in [3.63, 3.8) is 0 Å². The highest BCUT2D eigenvalue weighted by Crippen LogP contribution is 2.57. The lowest BCUT2D eigenvalue weighted by Gasteiger charge is -2.20. The molecule has 1 aliphatic rings. The first kappa shape index (κ1) is 11.6. The molecule has 1 nitrogen and oxygen atoms in total. The zero-order valence-corrected chi connectivity index (χ0v) is 9.20. The number of anilines is 1. The molecule has 0 spiro atoms. The summed E-state index contributed by atoms with van der Waals surface area (Å²) in [5.41, 5.74) is -0.841. The van der Waals surface area contributed by atoms with Gasteiger partial charge in [-0.3, -0.25) is 0 Å². The molecule has 5 heteroatoms. The van der Waals surface area contributed by atoms with Gasteiger partial charge in [-0.25, -0.2) is 0 Å². The molecule has 0 radical (unpaired) electrons. The molecule has 0 bridgehead atoms. The van der Waals surface area contributed by atoms with Crippen molar-refractivity contribution in [1.29, 1.82) is 0 Å². The Morgan fingerprint density at radius 3 is 2.19 bits per heavy atom. The first-order chi connectivity index (χ1) is 7.43. The zero-order chi connectivity index (χ0) is 11.8. The second kappa shape index (κ2) is 3.84. The van der Waals surface area contributed by atoms with Gasteiger partial charge in [0, 0.05) is 17.3 Å². The summed E-state index contributed by atoms with van der Waals surface area (Å²) in [6, 6.07) is 6.65. The Kier molecular flexibility index (Phi) is 2.78. The molecule has 0 unspecified atom stereocenters. The molecule has 88 valence electrons. The van der Waals surface area contributed by atoms with Crippen LogP contribution >= 0.6 is 11.6 Å². The average Bonchev–Trinajstić information content (AvgIpc) is 2.97. The van der Waals surface area contributed by atoms with Crippen molar-refractivity contribution in [3.8, 4) is 0 Å². The van der Waals surface area contributed by atoms with E-state index in [0.29, 0.717) is 10.7 Å². The maximum atomic E-state index is 12.6. The van der Waals surface area contributed by atoms with Crippen LogP contribution in [-0.2, 0) is 0 Å². The van der Waals surface area contributed by atoms with E-state index in [-0.39, 0.29) is 19.4 Å². The van der Waals surface area contributed by atoms with Crippen molar-refractivity contribution >= 4 is 17.3 Å². The summed E-state index contributed by atoms with van der Waals surface area (Å²) in [6.07, 6.45) is -3.67. The van der Waals surface area contributed by atoms with Gasteiger partial charge in [0.05, 0.1) is 5.41 Å². The Balaban J connectivity index is 1.96. The highest BCUT2D eigenvalue weighted by atomic mass is 35.5. The van der Waals surface area contributed by atoms with Crippen LogP contribution in [0.4, 0.5) is 18.9 Å². The number of benzene rings is 1. The molecule has 16 heavy (non-hydrogen) atoms. The predicted molar refractivity (Wildman–Crippen MR) is 57.7 cm³/mol. The summed E-state index contributed by atoms with van der Waals surface area (Å²) in [6.45, 7) is -0.0574. The molecule has 1 aromatic rings. The topological polar surface area (TPSA) is 12.0 Å². The van der Waals surface area contributed by atoms with Crippen LogP contribution in [0.2, 0.25) is 5.02 Å². The summed E-state index contributed by atoms with van der Waals surface area (Å²) in [4.78, 5) is 0. The van der Waals surface area contributed by atoms with Crippen LogP contribution in [0.1, 0.15) is 12.8 Å². The molecular weight excluding hydrogens is 239 g/mol. The maximum Gasteiger partial charge on any atom is 0.396 e. The monoisotopic (exact) mass is 249 g/mol. The number of hydrogen-bond donors (Lipinski definition) is 1. The number of rotatable bonds is 3. The molecule has 0 atom stereocenters. The Labute approximate surface area is 96.6 Å². The van der Waals surface area contributed by atoms with Crippen LogP contribution in [0.5, 0.6) is 0 Å². The molecule has 2 rings (SSSR count). The quantitative estimate of drug-likeness (QED) is 0.851. The number of hydrogen-bond acceptors (Lipinski definition) is 1. The first-order valence-corrected chi connectivity index (χ1v) is 5.37. The van der Waals surface area contributed by atoms with E-state index in [9.17, 15) is 13.2 Å². The summed E-state index contributed by atoms with van der Waals surface area (Å²) < 4.78 is 37.8. The van der Waals surface area contributed by atoms with Crippen LogP contribution in [0.15, 0.2) is 24.3 Å². The van der Waals surface area contributed by atoms with Gasteiger partial charge in [0.2, 0.25) is 0 Å². The highest BCUT2D eigenvalue weighted by molar-refractivity contribution is 6.30. The van der Waals surface area contributed by atoms with E-state index < -0.39 is 11.6 Å². The molecule has 0 heterocycles. The Morgan fingerprint density at radius 2 is 1.75 bits per heavy atom. The minimum atomic E-state index is -4.10. The van der Waals surface area contributed by atoms with Crippen molar-refractivity contribution in [1.82, 2.24) is 0 Å².